The van der Waals surface area contributed by atoms with Crippen molar-refractivity contribution in [3.8, 4) is 0 Å². The van der Waals surface area contributed by atoms with E-state index in [1.54, 1.807) is 0 Å². The van der Waals surface area contributed by atoms with Gasteiger partial charge >= 0.3 is 61.8 Å². The molecule has 0 aliphatic rings. The van der Waals surface area contributed by atoms with E-state index in [0.717, 1.165) is 0 Å². The maximum atomic E-state index is 9.02. The van der Waals surface area contributed by atoms with Gasteiger partial charge in [0.15, 0.2) is 0 Å². The molecule has 0 aliphatic carbocycles. The molecule has 0 aliphatic heterocycles. The van der Waals surface area contributed by atoms with Crippen LogP contribution in [0.25, 0.3) is 0 Å². The van der Waals surface area contributed by atoms with Crippen molar-refractivity contribution in [3.05, 3.63) is 0 Å². The molecule has 0 heterocycles. The molecule has 0 aromatic carbocycles. The Balaban J connectivity index is -0.0000000729. The van der Waals surface area contributed by atoms with E-state index in [1.165, 1.54) is 0 Å². The molecule has 17 heavy (non-hydrogen) atoms. The third-order valence-electron chi connectivity index (χ3n) is 0.0860. The molecule has 0 aromatic heterocycles. The Hall–Kier alpha value is 1.21. The molecular formula is H2KO13S3-3. The van der Waals surface area contributed by atoms with Crippen molar-refractivity contribution in [2.24, 2.45) is 0 Å². The predicted molar refractivity (Wildman–Crippen MR) is 35.4 cm³/mol. The second kappa shape index (κ2) is 11.1. The first-order valence-electron chi connectivity index (χ1n) is 2.20. The summed E-state index contributed by atoms with van der Waals surface area (Å²) < 4.78 is 94.4. The van der Waals surface area contributed by atoms with Gasteiger partial charge in [-0.3, -0.25) is 17.5 Å². The quantitative estimate of drug-likeness (QED) is 0.147. The van der Waals surface area contributed by atoms with Crippen molar-refractivity contribution in [3.63, 3.8) is 0 Å². The average molecular weight is 345 g/mol. The molecule has 0 unspecified atom stereocenters. The van der Waals surface area contributed by atoms with Crippen LogP contribution in [-0.2, 0) is 35.5 Å². The maximum Gasteiger partial charge on any atom is 1.00 e. The fourth-order valence-corrected chi connectivity index (χ4v) is 0. The minimum absolute atomic E-state index is 0. The molecule has 0 rings (SSSR count). The summed E-state index contributed by atoms with van der Waals surface area (Å²) in [5, 5.41) is 8.61. The summed E-state index contributed by atoms with van der Waals surface area (Å²) in [5.41, 5.74) is 0. The molecule has 0 atom stereocenters. The Labute approximate surface area is 138 Å². The Bertz CT molecular complexity index is 401. The third kappa shape index (κ3) is 225. The Morgan fingerprint density at radius 2 is 0.882 bits per heavy atom. The van der Waals surface area contributed by atoms with Crippen LogP contribution < -0.4 is 56.6 Å². The van der Waals surface area contributed by atoms with E-state index in [1.807, 2.05) is 0 Å². The van der Waals surface area contributed by atoms with Crippen LogP contribution in [0.1, 0.15) is 0 Å². The molecule has 0 aromatic rings. The van der Waals surface area contributed by atoms with E-state index in [-0.39, 0.29) is 51.4 Å². The Morgan fingerprint density at radius 3 is 0.882 bits per heavy atom. The Morgan fingerprint density at radius 1 is 0.824 bits per heavy atom. The van der Waals surface area contributed by atoms with Gasteiger partial charge in [-0.15, -0.1) is 0 Å². The normalized spacial score (nSPS) is 10.9. The molecule has 0 fully saturated rings. The van der Waals surface area contributed by atoms with Gasteiger partial charge in [0.05, 0.1) is 0 Å². The van der Waals surface area contributed by atoms with Crippen LogP contribution in [0.15, 0.2) is 0 Å². The first-order chi connectivity index (χ1) is 6.56. The molecule has 0 bridgehead atoms. The predicted octanol–water partition coefficient (Wildman–Crippen LogP) is -7.25. The van der Waals surface area contributed by atoms with Crippen LogP contribution in [0.5, 0.6) is 0 Å². The molecule has 13 nitrogen and oxygen atoms in total. The second-order valence-electron chi connectivity index (χ2n) is 1.33. The molecule has 2 N–H and O–H groups in total. The van der Waals surface area contributed by atoms with Crippen LogP contribution >= 0.6 is 0 Å². The van der Waals surface area contributed by atoms with E-state index in [4.69, 9.17) is 53.3 Å². The first-order valence-corrected chi connectivity index (χ1v) is 6.26. The van der Waals surface area contributed by atoms with Crippen LogP contribution in [0.2, 0.25) is 0 Å². The number of hydrogen-bond acceptors (Lipinski definition) is 11. The molecule has 0 saturated heterocycles. The van der Waals surface area contributed by atoms with Gasteiger partial charge in [0, 0.05) is 10.4 Å². The van der Waals surface area contributed by atoms with Crippen LogP contribution in [0, 0.1) is 0 Å². The van der Waals surface area contributed by atoms with Crippen molar-refractivity contribution >= 4 is 31.2 Å². The van der Waals surface area contributed by atoms with Crippen molar-refractivity contribution < 1.29 is 109 Å². The summed E-state index contributed by atoms with van der Waals surface area (Å²) >= 11 is 0. The van der Waals surface area contributed by atoms with Gasteiger partial charge in [-0.05, 0) is 0 Å². The second-order valence-corrected chi connectivity index (χ2v) is 4.00. The van der Waals surface area contributed by atoms with Crippen molar-refractivity contribution in [1.29, 1.82) is 0 Å². The zero-order chi connectivity index (χ0) is 14.2. The zero-order valence-corrected chi connectivity index (χ0v) is 13.2. The SMILES string of the molecule is O=S(=O)(O)O[O-].O=S(=O)([O-])O.O=S(=O)([O-])[O-].[K+]. The van der Waals surface area contributed by atoms with Crippen LogP contribution in [0.4, 0.5) is 0 Å². The van der Waals surface area contributed by atoms with E-state index in [0.29, 0.717) is 0 Å². The Kier molecular flexibility index (Phi) is 17.4. The smallest absolute Gasteiger partial charge is 0.759 e. The minimum atomic E-state index is -5.17. The van der Waals surface area contributed by atoms with E-state index >= 15 is 0 Å². The third-order valence-corrected chi connectivity index (χ3v) is 0.258. The van der Waals surface area contributed by atoms with Gasteiger partial charge in [0.2, 0.25) is 10.4 Å². The molecule has 102 valence electrons. The molecular weight excluding hydrogens is 343 g/mol. The minimum Gasteiger partial charge on any atom is -0.759 e. The first kappa shape index (κ1) is 26.7. The fraction of sp³-hybridized carbons (Fsp3) is 0. The van der Waals surface area contributed by atoms with Gasteiger partial charge in [-0.25, -0.2) is 8.42 Å². The standard InChI is InChI=1S/K.H2O5S.2H2O4S/c;1-5-6(2,3)4;2*1-5(2,3)4/h;1H,(H,2,3,4);2*(H2,1,2,3,4)/q+1;;;/p-4. The van der Waals surface area contributed by atoms with Crippen LogP contribution in [0.3, 0.4) is 0 Å². The average Bonchev–Trinajstić information content (AvgIpc) is 1.77. The largest absolute Gasteiger partial charge is 1.00 e. The van der Waals surface area contributed by atoms with Crippen molar-refractivity contribution in [2.75, 3.05) is 0 Å². The summed E-state index contributed by atoms with van der Waals surface area (Å²) in [5.74, 6) is 0. The van der Waals surface area contributed by atoms with Gasteiger partial charge in [-0.1, -0.05) is 0 Å². The van der Waals surface area contributed by atoms with Gasteiger partial charge < -0.3 is 23.2 Å². The topological polar surface area (TPSA) is 244 Å². The summed E-state index contributed by atoms with van der Waals surface area (Å²) in [6, 6.07) is 0. The zero-order valence-electron chi connectivity index (χ0n) is 7.61. The molecule has 0 saturated carbocycles. The molecule has 0 radical (unpaired) electrons. The molecule has 0 spiro atoms. The van der Waals surface area contributed by atoms with E-state index in [9.17, 15) is 0 Å². The summed E-state index contributed by atoms with van der Waals surface area (Å²) in [6.45, 7) is 0. The monoisotopic (exact) mass is 345 g/mol. The van der Waals surface area contributed by atoms with Gasteiger partial charge in [0.1, 0.15) is 0 Å². The molecule has 17 heteroatoms. The maximum absolute atomic E-state index is 9.02. The molecule has 0 amide bonds. The van der Waals surface area contributed by atoms with Crippen LogP contribution in [-0.4, -0.2) is 48.0 Å². The summed E-state index contributed by atoms with van der Waals surface area (Å²) in [6.07, 6.45) is 0. The van der Waals surface area contributed by atoms with Gasteiger partial charge in [0.25, 0.3) is 0 Å². The number of hydrogen-bond donors (Lipinski definition) is 2. The van der Waals surface area contributed by atoms with E-state index < -0.39 is 31.2 Å². The number of rotatable bonds is 1. The summed E-state index contributed by atoms with van der Waals surface area (Å²) in [4.78, 5) is 0. The van der Waals surface area contributed by atoms with E-state index in [2.05, 4.69) is 4.33 Å². The van der Waals surface area contributed by atoms with Gasteiger partial charge in [-0.2, -0.15) is 8.42 Å². The summed E-state index contributed by atoms with van der Waals surface area (Å²) in [7, 11) is -14.8. The van der Waals surface area contributed by atoms with Crippen molar-refractivity contribution in [1.82, 2.24) is 0 Å². The fourth-order valence-electron chi connectivity index (χ4n) is 0. The van der Waals surface area contributed by atoms with Crippen molar-refractivity contribution in [2.45, 2.75) is 0 Å².